The number of benzene rings is 1. The summed E-state index contributed by atoms with van der Waals surface area (Å²) in [5.74, 6) is -3.07. The van der Waals surface area contributed by atoms with Crippen molar-refractivity contribution < 1.29 is 29.1 Å². The molecule has 1 rings (SSSR count). The first-order valence-electron chi connectivity index (χ1n) is 16.1. The van der Waals surface area contributed by atoms with Gasteiger partial charge in [0.15, 0.2) is 0 Å². The van der Waals surface area contributed by atoms with E-state index >= 15 is 0 Å². The van der Waals surface area contributed by atoms with E-state index in [1.165, 1.54) is 89.2 Å². The molecule has 0 bridgehead atoms. The van der Waals surface area contributed by atoms with Gasteiger partial charge < -0.3 is 0 Å². The molecule has 0 saturated carbocycles. The molecule has 0 heterocycles. The summed E-state index contributed by atoms with van der Waals surface area (Å²) in [4.78, 5) is 36.9. The standard InChI is InChI=1S/C33H57O6P/c1-4-7-10-13-16-19-22-40(23-20-17-14-11-8-5-2,24-21-18-15-12-9-6-3)39-33(38)30-26-28(31(34)35)25-29(27-30)32(36)37/h25-27,40H,4-24H2,1-3H3,(H,34,35)(H,36,37). The van der Waals surface area contributed by atoms with Crippen molar-refractivity contribution in [1.82, 2.24) is 0 Å². The average Bonchev–Trinajstić information content (AvgIpc) is 2.94. The van der Waals surface area contributed by atoms with Crippen molar-refractivity contribution in [3.8, 4) is 0 Å². The van der Waals surface area contributed by atoms with Gasteiger partial charge in [-0.05, 0) is 0 Å². The van der Waals surface area contributed by atoms with Crippen LogP contribution in [0.25, 0.3) is 0 Å². The Hall–Kier alpha value is -1.94. The molecular weight excluding hydrogens is 523 g/mol. The summed E-state index contributed by atoms with van der Waals surface area (Å²) in [5.41, 5.74) is -0.383. The first-order valence-corrected chi connectivity index (χ1v) is 18.7. The molecule has 6 nitrogen and oxygen atoms in total. The van der Waals surface area contributed by atoms with E-state index in [4.69, 9.17) is 4.52 Å². The van der Waals surface area contributed by atoms with E-state index in [0.717, 1.165) is 63.1 Å². The van der Waals surface area contributed by atoms with Gasteiger partial charge in [-0.3, -0.25) is 0 Å². The fourth-order valence-electron chi connectivity index (χ4n) is 5.46. The van der Waals surface area contributed by atoms with Crippen LogP contribution in [0.4, 0.5) is 0 Å². The van der Waals surface area contributed by atoms with Crippen LogP contribution in [-0.2, 0) is 4.52 Å². The number of aromatic carboxylic acids is 2. The van der Waals surface area contributed by atoms with Gasteiger partial charge >= 0.3 is 244 Å². The summed E-state index contributed by atoms with van der Waals surface area (Å²) in [6, 6.07) is 3.61. The molecule has 0 aliphatic carbocycles. The average molecular weight is 581 g/mol. The van der Waals surface area contributed by atoms with E-state index in [-0.39, 0.29) is 16.7 Å². The van der Waals surface area contributed by atoms with Gasteiger partial charge in [-0.2, -0.15) is 0 Å². The third-order valence-corrected chi connectivity index (χ3v) is 12.3. The van der Waals surface area contributed by atoms with Gasteiger partial charge in [0.2, 0.25) is 0 Å². The van der Waals surface area contributed by atoms with Gasteiger partial charge in [0.05, 0.1) is 0 Å². The Bertz CT molecular complexity index is 795. The first-order chi connectivity index (χ1) is 19.3. The molecule has 7 heteroatoms. The second-order valence-corrected chi connectivity index (χ2v) is 15.6. The monoisotopic (exact) mass is 580 g/mol. The summed E-state index contributed by atoms with van der Waals surface area (Å²) < 4.78 is 6.49. The Morgan fingerprint density at radius 3 is 1.15 bits per heavy atom. The van der Waals surface area contributed by atoms with Gasteiger partial charge in [0.1, 0.15) is 0 Å². The van der Waals surface area contributed by atoms with Crippen molar-refractivity contribution >= 4 is 25.4 Å². The van der Waals surface area contributed by atoms with Gasteiger partial charge in [-0.15, -0.1) is 0 Å². The predicted octanol–water partition coefficient (Wildman–Crippen LogP) is 9.99. The SMILES string of the molecule is CCCCCCCC[PH](CCCCCCCC)(CCCCCCCC)OC(=O)c1cc(C(=O)O)cc(C(=O)O)c1. The van der Waals surface area contributed by atoms with E-state index in [2.05, 4.69) is 20.8 Å². The maximum atomic E-state index is 13.6. The van der Waals surface area contributed by atoms with Crippen LogP contribution in [0.15, 0.2) is 18.2 Å². The Morgan fingerprint density at radius 1 is 0.525 bits per heavy atom. The molecule has 0 fully saturated rings. The van der Waals surface area contributed by atoms with Crippen molar-refractivity contribution in [1.29, 1.82) is 0 Å². The summed E-state index contributed by atoms with van der Waals surface area (Å²) in [6.07, 6.45) is 24.0. The van der Waals surface area contributed by atoms with Gasteiger partial charge in [0, 0.05) is 0 Å². The fraction of sp³-hybridized carbons (Fsp3) is 0.727. The number of carbonyl (C=O) groups excluding carboxylic acids is 1. The minimum atomic E-state index is -2.48. The molecule has 0 radical (unpaired) electrons. The van der Waals surface area contributed by atoms with Gasteiger partial charge in [0.25, 0.3) is 0 Å². The van der Waals surface area contributed by atoms with Crippen LogP contribution < -0.4 is 0 Å². The van der Waals surface area contributed by atoms with E-state index < -0.39 is 25.4 Å². The Balaban J connectivity index is 3.15. The van der Waals surface area contributed by atoms with Crippen molar-refractivity contribution in [2.75, 3.05) is 18.5 Å². The van der Waals surface area contributed by atoms with Crippen LogP contribution in [0, 0.1) is 0 Å². The van der Waals surface area contributed by atoms with E-state index in [9.17, 15) is 24.6 Å². The molecule has 0 amide bonds. The number of rotatable bonds is 25. The number of carbonyl (C=O) groups is 3. The fourth-order valence-corrected chi connectivity index (χ4v) is 9.71. The molecular formula is C33H57O6P. The van der Waals surface area contributed by atoms with Crippen molar-refractivity contribution in [2.45, 2.75) is 136 Å². The van der Waals surface area contributed by atoms with Crippen molar-refractivity contribution in [2.24, 2.45) is 0 Å². The summed E-state index contributed by atoms with van der Waals surface area (Å²) in [5, 5.41) is 19.0. The van der Waals surface area contributed by atoms with E-state index in [1.807, 2.05) is 0 Å². The van der Waals surface area contributed by atoms with E-state index in [0.29, 0.717) is 0 Å². The second kappa shape index (κ2) is 21.8. The molecule has 0 aliphatic heterocycles. The third-order valence-electron chi connectivity index (χ3n) is 7.93. The molecule has 1 aromatic rings. The zero-order valence-corrected chi connectivity index (χ0v) is 26.6. The van der Waals surface area contributed by atoms with Crippen LogP contribution in [0.2, 0.25) is 0 Å². The van der Waals surface area contributed by atoms with Crippen LogP contribution in [0.3, 0.4) is 0 Å². The molecule has 0 unspecified atom stereocenters. The van der Waals surface area contributed by atoms with Crippen LogP contribution in [-0.4, -0.2) is 46.6 Å². The van der Waals surface area contributed by atoms with Gasteiger partial charge in [-0.25, -0.2) is 0 Å². The van der Waals surface area contributed by atoms with Crippen molar-refractivity contribution in [3.63, 3.8) is 0 Å². The number of carboxylic acids is 2. The Kier molecular flexibility index (Phi) is 19.6. The number of carboxylic acid groups (broad SMARTS) is 2. The second-order valence-electron chi connectivity index (χ2n) is 11.5. The van der Waals surface area contributed by atoms with Crippen LogP contribution in [0.5, 0.6) is 0 Å². The zero-order chi connectivity index (χ0) is 29.6. The molecule has 0 aromatic heterocycles. The summed E-state index contributed by atoms with van der Waals surface area (Å²) >= 11 is 0. The van der Waals surface area contributed by atoms with E-state index in [1.54, 1.807) is 0 Å². The summed E-state index contributed by atoms with van der Waals surface area (Å²) in [6.45, 7) is 6.65. The molecule has 0 saturated heterocycles. The zero-order valence-electron chi connectivity index (χ0n) is 25.6. The Labute approximate surface area is 244 Å². The number of unbranched alkanes of at least 4 members (excludes halogenated alkanes) is 15. The Morgan fingerprint density at radius 2 is 0.825 bits per heavy atom. The quantitative estimate of drug-likeness (QED) is 0.0881. The summed E-state index contributed by atoms with van der Waals surface area (Å²) in [7, 11) is -2.48. The predicted molar refractivity (Wildman–Crippen MR) is 169 cm³/mol. The maximum absolute atomic E-state index is 13.6. The third kappa shape index (κ3) is 15.2. The van der Waals surface area contributed by atoms with Gasteiger partial charge in [-0.1, -0.05) is 0 Å². The molecule has 0 spiro atoms. The molecule has 0 aliphatic rings. The number of hydrogen-bond donors (Lipinski definition) is 2. The molecule has 0 atom stereocenters. The normalized spacial score (nSPS) is 11.9. The molecule has 230 valence electrons. The van der Waals surface area contributed by atoms with Crippen LogP contribution in [0.1, 0.15) is 167 Å². The van der Waals surface area contributed by atoms with Crippen molar-refractivity contribution in [3.05, 3.63) is 34.9 Å². The van der Waals surface area contributed by atoms with Crippen LogP contribution >= 0.6 is 7.49 Å². The topological polar surface area (TPSA) is 101 Å². The molecule has 1 aromatic carbocycles. The molecule has 40 heavy (non-hydrogen) atoms. The molecule has 2 N–H and O–H groups in total. The minimum absolute atomic E-state index is 0.0306. The first kappa shape index (κ1) is 36.1. The number of hydrogen-bond acceptors (Lipinski definition) is 4.